The van der Waals surface area contributed by atoms with Gasteiger partial charge in [0.15, 0.2) is 11.5 Å². The molecule has 6 nitrogen and oxygen atoms in total. The first-order valence-corrected chi connectivity index (χ1v) is 12.5. The largest absolute Gasteiger partial charge is 0.490 e. The van der Waals surface area contributed by atoms with E-state index in [2.05, 4.69) is 34.5 Å². The molecule has 0 fully saturated rings. The van der Waals surface area contributed by atoms with Gasteiger partial charge in [-0.3, -0.25) is 4.79 Å². The summed E-state index contributed by atoms with van der Waals surface area (Å²) in [6.07, 6.45) is 6.72. The molecule has 0 amide bonds. The molecule has 0 saturated heterocycles. The maximum Gasteiger partial charge on any atom is 0.282 e. The molecule has 180 valence electrons. The van der Waals surface area contributed by atoms with E-state index in [-0.39, 0.29) is 11.7 Å². The van der Waals surface area contributed by atoms with E-state index in [1.807, 2.05) is 51.1 Å². The summed E-state index contributed by atoms with van der Waals surface area (Å²) >= 11 is 3.45. The number of allylic oxidation sites excluding steroid dienone is 1. The Morgan fingerprint density at radius 2 is 2.03 bits per heavy atom. The second-order valence-electron chi connectivity index (χ2n) is 8.25. The van der Waals surface area contributed by atoms with E-state index in [0.29, 0.717) is 47.7 Å². The number of hydrogen-bond donors (Lipinski definition) is 0. The second-order valence-corrected chi connectivity index (χ2v) is 9.17. The average molecular weight is 526 g/mol. The molecule has 0 saturated carbocycles. The minimum absolute atomic E-state index is 0.00462. The molecule has 0 atom stereocenters. The number of fused-ring (bicyclic) bond motifs is 1. The van der Waals surface area contributed by atoms with Gasteiger partial charge in [-0.05, 0) is 69.5 Å². The molecule has 2 aromatic carbocycles. The maximum absolute atomic E-state index is 13.3. The van der Waals surface area contributed by atoms with Crippen LogP contribution in [0, 0.1) is 0 Å². The Morgan fingerprint density at radius 3 is 2.71 bits per heavy atom. The Kier molecular flexibility index (Phi) is 9.05. The predicted octanol–water partition coefficient (Wildman–Crippen LogP) is 6.30. The molecule has 0 spiro atoms. The zero-order valence-electron chi connectivity index (χ0n) is 20.3. The molecule has 0 aliphatic heterocycles. The third-order valence-electron chi connectivity index (χ3n) is 5.12. The van der Waals surface area contributed by atoms with Crippen molar-refractivity contribution in [2.24, 2.45) is 5.10 Å². The van der Waals surface area contributed by atoms with Gasteiger partial charge in [-0.1, -0.05) is 35.4 Å². The lowest BCUT2D eigenvalue weighted by molar-refractivity contribution is 0.222. The molecule has 0 unspecified atom stereocenters. The fourth-order valence-corrected chi connectivity index (χ4v) is 3.99. The summed E-state index contributed by atoms with van der Waals surface area (Å²) in [5.74, 6) is 2.01. The molecule has 0 aliphatic carbocycles. The van der Waals surface area contributed by atoms with Crippen LogP contribution in [-0.4, -0.2) is 28.6 Å². The Balaban J connectivity index is 2.13. The predicted molar refractivity (Wildman–Crippen MR) is 143 cm³/mol. The van der Waals surface area contributed by atoms with Crippen LogP contribution < -0.4 is 15.0 Å². The van der Waals surface area contributed by atoms with Crippen LogP contribution in [0.15, 0.2) is 57.4 Å². The number of aromatic nitrogens is 2. The summed E-state index contributed by atoms with van der Waals surface area (Å²) in [7, 11) is 0. The van der Waals surface area contributed by atoms with E-state index in [4.69, 9.17) is 14.5 Å². The van der Waals surface area contributed by atoms with Gasteiger partial charge in [0.05, 0.1) is 29.8 Å². The van der Waals surface area contributed by atoms with Gasteiger partial charge in [-0.2, -0.15) is 9.78 Å². The average Bonchev–Trinajstić information content (AvgIpc) is 2.80. The summed E-state index contributed by atoms with van der Waals surface area (Å²) in [5.41, 5.74) is 2.24. The van der Waals surface area contributed by atoms with Gasteiger partial charge in [0.2, 0.25) is 0 Å². The standard InChI is InChI=1S/C27H32BrN3O3/c1-6-9-11-25-30-23-13-12-21(28)16-22(23)27(32)31(25)29-17-19-14-20(10-7-2)26(34-18(4)5)24(15-19)33-8-3/h7,12-18H,2,6,8-11H2,1,3-5H3. The SMILES string of the molecule is C=CCc1cc(C=Nn2c(CCCC)nc3ccc(Br)cc3c2=O)cc(OCC)c1OC(C)C. The Morgan fingerprint density at radius 1 is 1.24 bits per heavy atom. The molecular formula is C27H32BrN3O3. The molecule has 1 aromatic heterocycles. The van der Waals surface area contributed by atoms with Crippen molar-refractivity contribution in [1.82, 2.24) is 9.66 Å². The molecule has 1 heterocycles. The van der Waals surface area contributed by atoms with Crippen molar-refractivity contribution in [1.29, 1.82) is 0 Å². The normalized spacial score (nSPS) is 11.5. The van der Waals surface area contributed by atoms with Crippen molar-refractivity contribution in [3.63, 3.8) is 0 Å². The van der Waals surface area contributed by atoms with Gasteiger partial charge < -0.3 is 9.47 Å². The fraction of sp³-hybridized carbons (Fsp3) is 0.370. The quantitative estimate of drug-likeness (QED) is 0.217. The van der Waals surface area contributed by atoms with Gasteiger partial charge in [-0.25, -0.2) is 4.98 Å². The lowest BCUT2D eigenvalue weighted by Gasteiger charge is -2.18. The molecule has 0 radical (unpaired) electrons. The fourth-order valence-electron chi connectivity index (χ4n) is 3.63. The van der Waals surface area contributed by atoms with Crippen LogP contribution in [0.4, 0.5) is 0 Å². The Hall–Kier alpha value is -2.93. The van der Waals surface area contributed by atoms with Crippen LogP contribution in [0.25, 0.3) is 10.9 Å². The minimum atomic E-state index is -0.190. The van der Waals surface area contributed by atoms with Crippen LogP contribution in [0.3, 0.4) is 0 Å². The van der Waals surface area contributed by atoms with Crippen molar-refractivity contribution in [2.45, 2.75) is 59.5 Å². The maximum atomic E-state index is 13.3. The van der Waals surface area contributed by atoms with Crippen molar-refractivity contribution >= 4 is 33.0 Å². The van der Waals surface area contributed by atoms with Crippen molar-refractivity contribution < 1.29 is 9.47 Å². The molecule has 0 bridgehead atoms. The smallest absolute Gasteiger partial charge is 0.282 e. The van der Waals surface area contributed by atoms with Gasteiger partial charge in [0, 0.05) is 16.5 Å². The van der Waals surface area contributed by atoms with Crippen LogP contribution >= 0.6 is 15.9 Å². The molecule has 3 aromatic rings. The number of halogens is 1. The lowest BCUT2D eigenvalue weighted by atomic mass is 10.1. The first-order chi connectivity index (χ1) is 16.4. The van der Waals surface area contributed by atoms with E-state index in [1.165, 1.54) is 4.68 Å². The van der Waals surface area contributed by atoms with Crippen molar-refractivity contribution in [2.75, 3.05) is 6.61 Å². The highest BCUT2D eigenvalue weighted by atomic mass is 79.9. The number of rotatable bonds is 11. The van der Waals surface area contributed by atoms with E-state index in [0.717, 1.165) is 28.4 Å². The minimum Gasteiger partial charge on any atom is -0.490 e. The lowest BCUT2D eigenvalue weighted by Crippen LogP contribution is -2.22. The van der Waals surface area contributed by atoms with Crippen LogP contribution in [0.2, 0.25) is 0 Å². The van der Waals surface area contributed by atoms with Gasteiger partial charge >= 0.3 is 0 Å². The first-order valence-electron chi connectivity index (χ1n) is 11.7. The van der Waals surface area contributed by atoms with E-state index in [1.54, 1.807) is 12.3 Å². The van der Waals surface area contributed by atoms with Crippen LogP contribution in [0.5, 0.6) is 11.5 Å². The van der Waals surface area contributed by atoms with Crippen molar-refractivity contribution in [3.05, 3.63) is 74.8 Å². The van der Waals surface area contributed by atoms with E-state index in [9.17, 15) is 4.79 Å². The number of nitrogens with zero attached hydrogens (tertiary/aromatic N) is 3. The topological polar surface area (TPSA) is 65.7 Å². The zero-order valence-corrected chi connectivity index (χ0v) is 21.9. The van der Waals surface area contributed by atoms with E-state index < -0.39 is 0 Å². The van der Waals surface area contributed by atoms with Crippen molar-refractivity contribution in [3.8, 4) is 11.5 Å². The first kappa shape index (κ1) is 25.7. The highest BCUT2D eigenvalue weighted by Gasteiger charge is 2.15. The van der Waals surface area contributed by atoms with Crippen LogP contribution in [0.1, 0.15) is 57.5 Å². The molecule has 0 aliphatic rings. The Labute approximate surface area is 209 Å². The summed E-state index contributed by atoms with van der Waals surface area (Å²) < 4.78 is 14.2. The highest BCUT2D eigenvalue weighted by Crippen LogP contribution is 2.34. The van der Waals surface area contributed by atoms with Gasteiger partial charge in [-0.15, -0.1) is 6.58 Å². The number of unbranched alkanes of at least 4 members (excludes halogenated alkanes) is 1. The number of ether oxygens (including phenoxy) is 2. The Bertz CT molecular complexity index is 1250. The molecule has 0 N–H and O–H groups in total. The van der Waals surface area contributed by atoms with Gasteiger partial charge in [0.1, 0.15) is 5.82 Å². The third kappa shape index (κ3) is 6.14. The number of aryl methyl sites for hydroxylation is 1. The molecule has 34 heavy (non-hydrogen) atoms. The summed E-state index contributed by atoms with van der Waals surface area (Å²) in [5, 5.41) is 5.10. The summed E-state index contributed by atoms with van der Waals surface area (Å²) in [6, 6.07) is 9.41. The third-order valence-corrected chi connectivity index (χ3v) is 5.62. The second kappa shape index (κ2) is 12.0. The summed E-state index contributed by atoms with van der Waals surface area (Å²) in [4.78, 5) is 18.1. The molecular weight excluding hydrogens is 494 g/mol. The number of hydrogen-bond acceptors (Lipinski definition) is 5. The van der Waals surface area contributed by atoms with Crippen LogP contribution in [-0.2, 0) is 12.8 Å². The molecule has 7 heteroatoms. The van der Waals surface area contributed by atoms with Gasteiger partial charge in [0.25, 0.3) is 5.56 Å². The monoisotopic (exact) mass is 525 g/mol. The molecule has 3 rings (SSSR count). The van der Waals surface area contributed by atoms with E-state index >= 15 is 0 Å². The highest BCUT2D eigenvalue weighted by molar-refractivity contribution is 9.10. The number of benzene rings is 2. The zero-order chi connectivity index (χ0) is 24.7. The summed E-state index contributed by atoms with van der Waals surface area (Å²) in [6.45, 7) is 12.4.